The monoisotopic (exact) mass is 297 g/mol. The molecular weight excluding hydrogens is 270 g/mol. The molecule has 0 radical (unpaired) electrons. The summed E-state index contributed by atoms with van der Waals surface area (Å²) in [5.41, 5.74) is 0. The maximum atomic E-state index is 12.1. The van der Waals surface area contributed by atoms with Gasteiger partial charge in [-0.3, -0.25) is 4.79 Å². The first-order valence-corrected chi connectivity index (χ1v) is 7.83. The van der Waals surface area contributed by atoms with Crippen LogP contribution >= 0.6 is 0 Å². The number of nitrogens with zero attached hydrogens (tertiary/aromatic N) is 1. The van der Waals surface area contributed by atoms with E-state index in [0.29, 0.717) is 13.2 Å². The number of amides is 1. The molecule has 0 spiro atoms. The third-order valence-corrected chi connectivity index (χ3v) is 3.62. The lowest BCUT2D eigenvalue weighted by molar-refractivity contribution is -0.158. The number of hydrogen-bond donors (Lipinski definition) is 0. The molecule has 0 aromatic rings. The zero-order valence-electron chi connectivity index (χ0n) is 13.2. The molecule has 120 valence electrons. The second-order valence-electron chi connectivity index (χ2n) is 5.25. The van der Waals surface area contributed by atoms with E-state index in [4.69, 9.17) is 9.47 Å². The summed E-state index contributed by atoms with van der Waals surface area (Å²) in [5, 5.41) is 0. The van der Waals surface area contributed by atoms with Crippen molar-refractivity contribution in [3.63, 3.8) is 0 Å². The van der Waals surface area contributed by atoms with Gasteiger partial charge in [0.2, 0.25) is 5.91 Å². The highest BCUT2D eigenvalue weighted by Crippen LogP contribution is 2.10. The number of carbonyl (C=O) groups is 2. The fourth-order valence-corrected chi connectivity index (χ4v) is 2.34. The second-order valence-corrected chi connectivity index (χ2v) is 5.25. The van der Waals surface area contributed by atoms with E-state index in [0.717, 1.165) is 12.8 Å². The first-order chi connectivity index (χ1) is 10.2. The van der Waals surface area contributed by atoms with Crippen molar-refractivity contribution in [3.8, 4) is 0 Å². The summed E-state index contributed by atoms with van der Waals surface area (Å²) >= 11 is 0. The highest BCUT2D eigenvalue weighted by Gasteiger charge is 2.32. The smallest absolute Gasteiger partial charge is 0.331 e. The number of unbranched alkanes of at least 4 members (excludes halogenated alkanes) is 5. The Kier molecular flexibility index (Phi) is 8.74. The van der Waals surface area contributed by atoms with Gasteiger partial charge in [0.05, 0.1) is 20.3 Å². The topological polar surface area (TPSA) is 55.8 Å². The highest BCUT2D eigenvalue weighted by molar-refractivity contribution is 5.91. The van der Waals surface area contributed by atoms with Crippen LogP contribution in [0.1, 0.15) is 45.4 Å². The summed E-state index contributed by atoms with van der Waals surface area (Å²) in [4.78, 5) is 25.3. The van der Waals surface area contributed by atoms with E-state index < -0.39 is 12.0 Å². The molecule has 1 atom stereocenters. The van der Waals surface area contributed by atoms with Crippen LogP contribution in [0.5, 0.6) is 0 Å². The molecule has 0 aliphatic carbocycles. The van der Waals surface area contributed by atoms with Gasteiger partial charge < -0.3 is 14.4 Å². The lowest BCUT2D eigenvalue weighted by atomic mass is 10.1. The van der Waals surface area contributed by atoms with Gasteiger partial charge in [0.25, 0.3) is 0 Å². The zero-order valence-corrected chi connectivity index (χ0v) is 13.2. The molecule has 0 aromatic heterocycles. The van der Waals surface area contributed by atoms with Gasteiger partial charge >= 0.3 is 5.97 Å². The predicted molar refractivity (Wildman–Crippen MR) is 80.9 cm³/mol. The van der Waals surface area contributed by atoms with Gasteiger partial charge in [0.1, 0.15) is 0 Å². The Labute approximate surface area is 127 Å². The van der Waals surface area contributed by atoms with Gasteiger partial charge in [0, 0.05) is 6.54 Å². The number of allylic oxidation sites excluding steroid dienone is 1. The molecule has 1 heterocycles. The largest absolute Gasteiger partial charge is 0.467 e. The van der Waals surface area contributed by atoms with Crippen LogP contribution in [0.25, 0.3) is 0 Å². The SMILES string of the molecule is CCCCCCC/C=C/C(=O)N1CCOCC1C(=O)OC. The molecule has 0 bridgehead atoms. The van der Waals surface area contributed by atoms with Crippen LogP contribution in [0.4, 0.5) is 0 Å². The lowest BCUT2D eigenvalue weighted by Crippen LogP contribution is -2.52. The minimum absolute atomic E-state index is 0.137. The first kappa shape index (κ1) is 17.7. The third-order valence-electron chi connectivity index (χ3n) is 3.62. The van der Waals surface area contributed by atoms with Crippen LogP contribution in [-0.4, -0.2) is 49.7 Å². The quantitative estimate of drug-likeness (QED) is 0.392. The van der Waals surface area contributed by atoms with Crippen LogP contribution in [0, 0.1) is 0 Å². The molecule has 1 aliphatic rings. The first-order valence-electron chi connectivity index (χ1n) is 7.83. The molecule has 5 nitrogen and oxygen atoms in total. The van der Waals surface area contributed by atoms with Gasteiger partial charge in [-0.25, -0.2) is 4.79 Å². The van der Waals surface area contributed by atoms with Gasteiger partial charge in [-0.05, 0) is 18.9 Å². The number of morpholine rings is 1. The number of hydrogen-bond acceptors (Lipinski definition) is 4. The molecule has 0 saturated carbocycles. The number of ether oxygens (including phenoxy) is 2. The molecule has 5 heteroatoms. The van der Waals surface area contributed by atoms with Crippen molar-refractivity contribution in [1.82, 2.24) is 4.90 Å². The van der Waals surface area contributed by atoms with Crippen LogP contribution in [0.15, 0.2) is 12.2 Å². The Morgan fingerprint density at radius 1 is 1.29 bits per heavy atom. The summed E-state index contributed by atoms with van der Waals surface area (Å²) in [6.07, 6.45) is 10.5. The van der Waals surface area contributed by atoms with Gasteiger partial charge in [-0.2, -0.15) is 0 Å². The molecule has 1 amide bonds. The van der Waals surface area contributed by atoms with Crippen molar-refractivity contribution < 1.29 is 19.1 Å². The molecule has 0 aromatic carbocycles. The highest BCUT2D eigenvalue weighted by atomic mass is 16.5. The van der Waals surface area contributed by atoms with Crippen LogP contribution in [-0.2, 0) is 19.1 Å². The van der Waals surface area contributed by atoms with E-state index in [2.05, 4.69) is 6.92 Å². The number of methoxy groups -OCH3 is 1. The Morgan fingerprint density at radius 2 is 2.05 bits per heavy atom. The molecule has 21 heavy (non-hydrogen) atoms. The lowest BCUT2D eigenvalue weighted by Gasteiger charge is -2.32. The maximum Gasteiger partial charge on any atom is 0.331 e. The summed E-state index contributed by atoms with van der Waals surface area (Å²) in [5.74, 6) is -0.557. The van der Waals surface area contributed by atoms with Crippen molar-refractivity contribution in [2.45, 2.75) is 51.5 Å². The fourth-order valence-electron chi connectivity index (χ4n) is 2.34. The number of esters is 1. The summed E-state index contributed by atoms with van der Waals surface area (Å²) in [6, 6.07) is -0.620. The molecule has 1 saturated heterocycles. The Balaban J connectivity index is 2.36. The van der Waals surface area contributed by atoms with E-state index in [1.165, 1.54) is 37.7 Å². The minimum Gasteiger partial charge on any atom is -0.467 e. The summed E-state index contributed by atoms with van der Waals surface area (Å²) < 4.78 is 9.96. The molecule has 1 unspecified atom stereocenters. The Morgan fingerprint density at radius 3 is 2.76 bits per heavy atom. The fraction of sp³-hybridized carbons (Fsp3) is 0.750. The van der Waals surface area contributed by atoms with Gasteiger partial charge in [0.15, 0.2) is 6.04 Å². The molecule has 1 rings (SSSR count). The van der Waals surface area contributed by atoms with Crippen LogP contribution in [0.3, 0.4) is 0 Å². The van der Waals surface area contributed by atoms with E-state index in [-0.39, 0.29) is 12.5 Å². The zero-order chi connectivity index (χ0) is 15.5. The Bertz CT molecular complexity index is 354. The number of carbonyl (C=O) groups excluding carboxylic acids is 2. The summed E-state index contributed by atoms with van der Waals surface area (Å²) in [6.45, 7) is 3.30. The molecule has 1 fully saturated rings. The predicted octanol–water partition coefficient (Wildman–Crippen LogP) is 2.30. The van der Waals surface area contributed by atoms with Gasteiger partial charge in [-0.15, -0.1) is 0 Å². The van der Waals surface area contributed by atoms with Crippen LogP contribution < -0.4 is 0 Å². The number of rotatable bonds is 8. The van der Waals surface area contributed by atoms with E-state index in [9.17, 15) is 9.59 Å². The van der Waals surface area contributed by atoms with Crippen molar-refractivity contribution in [3.05, 3.63) is 12.2 Å². The third kappa shape index (κ3) is 6.29. The van der Waals surface area contributed by atoms with Crippen molar-refractivity contribution in [2.75, 3.05) is 26.9 Å². The van der Waals surface area contributed by atoms with Crippen molar-refractivity contribution >= 4 is 11.9 Å². The normalized spacial score (nSPS) is 19.0. The van der Waals surface area contributed by atoms with Crippen molar-refractivity contribution in [1.29, 1.82) is 0 Å². The Hall–Kier alpha value is -1.36. The standard InChI is InChI=1S/C16H27NO4/c1-3-4-5-6-7-8-9-10-15(18)17-11-12-21-13-14(17)16(19)20-2/h9-10,14H,3-8,11-13H2,1-2H3/b10-9+. The molecule has 0 N–H and O–H groups in total. The van der Waals surface area contributed by atoms with E-state index >= 15 is 0 Å². The van der Waals surface area contributed by atoms with Crippen LogP contribution in [0.2, 0.25) is 0 Å². The average Bonchev–Trinajstić information content (AvgIpc) is 2.53. The minimum atomic E-state index is -0.620. The van der Waals surface area contributed by atoms with E-state index in [1.807, 2.05) is 6.08 Å². The molecular formula is C16H27NO4. The summed E-state index contributed by atoms with van der Waals surface area (Å²) in [7, 11) is 1.33. The molecule has 1 aliphatic heterocycles. The van der Waals surface area contributed by atoms with E-state index in [1.54, 1.807) is 6.08 Å². The maximum absolute atomic E-state index is 12.1. The average molecular weight is 297 g/mol. The van der Waals surface area contributed by atoms with Crippen molar-refractivity contribution in [2.24, 2.45) is 0 Å². The second kappa shape index (κ2) is 10.4. The van der Waals surface area contributed by atoms with Gasteiger partial charge in [-0.1, -0.05) is 38.7 Å².